The molecule has 3 heteroatoms. The molecule has 2 aromatic carbocycles. The monoisotopic (exact) mass is 304 g/mol. The topological polar surface area (TPSA) is 25.4 Å². The van der Waals surface area contributed by atoms with E-state index in [1.165, 1.54) is 22.1 Å². The summed E-state index contributed by atoms with van der Waals surface area (Å²) in [5.41, 5.74) is 4.82. The lowest BCUT2D eigenvalue weighted by Crippen LogP contribution is -2.37. The van der Waals surface area contributed by atoms with Gasteiger partial charge >= 0.3 is 0 Å². The van der Waals surface area contributed by atoms with Crippen LogP contribution in [0.15, 0.2) is 54.6 Å². The first kappa shape index (κ1) is 14.2. The molecule has 2 heterocycles. The molecule has 0 atom stereocenters. The van der Waals surface area contributed by atoms with Crippen LogP contribution >= 0.6 is 0 Å². The third-order valence-corrected chi connectivity index (χ3v) is 4.51. The summed E-state index contributed by atoms with van der Waals surface area (Å²) in [6.45, 7) is 5.52. The molecular weight excluding hydrogens is 284 g/mol. The van der Waals surface area contributed by atoms with Crippen molar-refractivity contribution < 1.29 is 4.74 Å². The van der Waals surface area contributed by atoms with E-state index in [0.29, 0.717) is 0 Å². The van der Waals surface area contributed by atoms with Crippen molar-refractivity contribution in [1.29, 1.82) is 0 Å². The smallest absolute Gasteiger partial charge is 0.137 e. The van der Waals surface area contributed by atoms with Gasteiger partial charge in [-0.1, -0.05) is 48.5 Å². The molecule has 0 N–H and O–H groups in total. The van der Waals surface area contributed by atoms with E-state index in [-0.39, 0.29) is 0 Å². The predicted molar refractivity (Wildman–Crippen MR) is 94.9 cm³/mol. The first-order valence-corrected chi connectivity index (χ1v) is 8.12. The summed E-state index contributed by atoms with van der Waals surface area (Å²) in [6, 6.07) is 19.0. The van der Waals surface area contributed by atoms with Crippen molar-refractivity contribution >= 4 is 16.7 Å². The van der Waals surface area contributed by atoms with Gasteiger partial charge in [0, 0.05) is 24.0 Å². The molecule has 4 rings (SSSR count). The second kappa shape index (κ2) is 6.01. The van der Waals surface area contributed by atoms with Crippen molar-refractivity contribution in [2.24, 2.45) is 0 Å². The van der Waals surface area contributed by atoms with Gasteiger partial charge in [-0.25, -0.2) is 4.98 Å². The molecule has 23 heavy (non-hydrogen) atoms. The SMILES string of the molecule is Cc1c(-c2ccccc2)c(N2CCOCC2)nc2ccccc12. The van der Waals surface area contributed by atoms with Crippen molar-refractivity contribution in [2.75, 3.05) is 31.2 Å². The van der Waals surface area contributed by atoms with Crippen molar-refractivity contribution in [3.05, 3.63) is 60.2 Å². The fraction of sp³-hybridized carbons (Fsp3) is 0.250. The lowest BCUT2D eigenvalue weighted by molar-refractivity contribution is 0.122. The fourth-order valence-electron chi connectivity index (χ4n) is 3.32. The predicted octanol–water partition coefficient (Wildman–Crippen LogP) is 4.05. The minimum absolute atomic E-state index is 0.766. The standard InChI is InChI=1S/C20H20N2O/c1-15-17-9-5-6-10-18(17)21-20(22-11-13-23-14-12-22)19(15)16-7-3-2-4-8-16/h2-10H,11-14H2,1H3. The quantitative estimate of drug-likeness (QED) is 0.714. The Morgan fingerprint density at radius 2 is 1.61 bits per heavy atom. The number of fused-ring (bicyclic) bond motifs is 1. The molecule has 1 fully saturated rings. The largest absolute Gasteiger partial charge is 0.378 e. The lowest BCUT2D eigenvalue weighted by Gasteiger charge is -2.30. The molecule has 3 nitrogen and oxygen atoms in total. The van der Waals surface area contributed by atoms with Gasteiger partial charge in [0.15, 0.2) is 0 Å². The first-order valence-electron chi connectivity index (χ1n) is 8.12. The summed E-state index contributed by atoms with van der Waals surface area (Å²) in [5.74, 6) is 1.08. The van der Waals surface area contributed by atoms with Gasteiger partial charge < -0.3 is 9.64 Å². The van der Waals surface area contributed by atoms with E-state index >= 15 is 0 Å². The third kappa shape index (κ3) is 2.57. The van der Waals surface area contributed by atoms with Crippen LogP contribution in [-0.2, 0) is 4.74 Å². The van der Waals surface area contributed by atoms with Crippen molar-refractivity contribution in [1.82, 2.24) is 4.98 Å². The molecule has 0 amide bonds. The molecule has 0 unspecified atom stereocenters. The van der Waals surface area contributed by atoms with E-state index in [4.69, 9.17) is 9.72 Å². The van der Waals surface area contributed by atoms with Crippen molar-refractivity contribution in [3.63, 3.8) is 0 Å². The van der Waals surface area contributed by atoms with Gasteiger partial charge in [-0.3, -0.25) is 0 Å². The van der Waals surface area contributed by atoms with E-state index in [1.807, 2.05) is 0 Å². The summed E-state index contributed by atoms with van der Waals surface area (Å²) >= 11 is 0. The molecule has 1 saturated heterocycles. The summed E-state index contributed by atoms with van der Waals surface area (Å²) in [4.78, 5) is 7.36. The minimum atomic E-state index is 0.766. The highest BCUT2D eigenvalue weighted by molar-refractivity contribution is 5.94. The van der Waals surface area contributed by atoms with Gasteiger partial charge in [0.05, 0.1) is 18.7 Å². The summed E-state index contributed by atoms with van der Waals surface area (Å²) < 4.78 is 5.52. The molecular formula is C20H20N2O. The number of aromatic nitrogens is 1. The number of rotatable bonds is 2. The number of hydrogen-bond donors (Lipinski definition) is 0. The van der Waals surface area contributed by atoms with Crippen LogP contribution < -0.4 is 4.90 Å². The number of morpholine rings is 1. The summed E-state index contributed by atoms with van der Waals surface area (Å²) in [6.07, 6.45) is 0. The normalized spacial score (nSPS) is 15.1. The van der Waals surface area contributed by atoms with E-state index in [2.05, 4.69) is 66.4 Å². The number of pyridine rings is 1. The molecule has 0 saturated carbocycles. The molecule has 0 bridgehead atoms. The second-order valence-electron chi connectivity index (χ2n) is 5.92. The van der Waals surface area contributed by atoms with Crippen LogP contribution in [0.25, 0.3) is 22.0 Å². The van der Waals surface area contributed by atoms with Crippen LogP contribution in [0, 0.1) is 6.92 Å². The van der Waals surface area contributed by atoms with Crippen LogP contribution in [-0.4, -0.2) is 31.3 Å². The first-order chi connectivity index (χ1) is 11.3. The van der Waals surface area contributed by atoms with Gasteiger partial charge in [-0.05, 0) is 24.1 Å². The maximum Gasteiger partial charge on any atom is 0.137 e. The summed E-state index contributed by atoms with van der Waals surface area (Å²) in [7, 11) is 0. The molecule has 0 spiro atoms. The molecule has 1 aliphatic heterocycles. The maximum atomic E-state index is 5.52. The zero-order chi connectivity index (χ0) is 15.6. The Morgan fingerprint density at radius 1 is 0.913 bits per heavy atom. The van der Waals surface area contributed by atoms with Gasteiger partial charge in [-0.2, -0.15) is 0 Å². The van der Waals surface area contributed by atoms with Gasteiger partial charge in [0.1, 0.15) is 5.82 Å². The van der Waals surface area contributed by atoms with E-state index < -0.39 is 0 Å². The van der Waals surface area contributed by atoms with Crippen LogP contribution in [0.5, 0.6) is 0 Å². The van der Waals surface area contributed by atoms with Crippen LogP contribution in [0.1, 0.15) is 5.56 Å². The zero-order valence-corrected chi connectivity index (χ0v) is 13.3. The van der Waals surface area contributed by atoms with Crippen molar-refractivity contribution in [3.8, 4) is 11.1 Å². The highest BCUT2D eigenvalue weighted by Gasteiger charge is 2.20. The fourth-order valence-corrected chi connectivity index (χ4v) is 3.32. The van der Waals surface area contributed by atoms with Gasteiger partial charge in [-0.15, -0.1) is 0 Å². The Labute approximate surface area is 136 Å². The number of anilines is 1. The number of aryl methyl sites for hydroxylation is 1. The number of ether oxygens (including phenoxy) is 1. The van der Waals surface area contributed by atoms with Crippen molar-refractivity contribution in [2.45, 2.75) is 6.92 Å². The third-order valence-electron chi connectivity index (χ3n) is 4.51. The number of benzene rings is 2. The van der Waals surface area contributed by atoms with Crippen LogP contribution in [0.2, 0.25) is 0 Å². The van der Waals surface area contributed by atoms with E-state index in [9.17, 15) is 0 Å². The maximum absolute atomic E-state index is 5.52. The average Bonchev–Trinajstić information content (AvgIpc) is 2.63. The number of nitrogens with zero attached hydrogens (tertiary/aromatic N) is 2. The molecule has 1 aliphatic rings. The van der Waals surface area contributed by atoms with Gasteiger partial charge in [0.25, 0.3) is 0 Å². The molecule has 0 aliphatic carbocycles. The molecule has 3 aromatic rings. The Morgan fingerprint density at radius 3 is 2.39 bits per heavy atom. The Balaban J connectivity index is 1.98. The van der Waals surface area contributed by atoms with Crippen LogP contribution in [0.4, 0.5) is 5.82 Å². The van der Waals surface area contributed by atoms with Gasteiger partial charge in [0.2, 0.25) is 0 Å². The zero-order valence-electron chi connectivity index (χ0n) is 13.3. The highest BCUT2D eigenvalue weighted by atomic mass is 16.5. The van der Waals surface area contributed by atoms with Crippen LogP contribution in [0.3, 0.4) is 0 Å². The summed E-state index contributed by atoms with van der Waals surface area (Å²) in [5, 5.41) is 1.23. The van der Waals surface area contributed by atoms with E-state index in [1.54, 1.807) is 0 Å². The molecule has 116 valence electrons. The number of para-hydroxylation sites is 1. The molecule has 1 aromatic heterocycles. The number of hydrogen-bond acceptors (Lipinski definition) is 3. The Bertz CT molecular complexity index is 824. The van der Waals surface area contributed by atoms with E-state index in [0.717, 1.165) is 37.6 Å². The Hall–Kier alpha value is -2.39. The Kier molecular flexibility index (Phi) is 3.72. The average molecular weight is 304 g/mol. The minimum Gasteiger partial charge on any atom is -0.378 e. The second-order valence-corrected chi connectivity index (χ2v) is 5.92. The lowest BCUT2D eigenvalue weighted by atomic mass is 9.97. The molecule has 0 radical (unpaired) electrons. The highest BCUT2D eigenvalue weighted by Crippen LogP contribution is 2.36.